The molecule has 4 aromatic carbocycles. The van der Waals surface area contributed by atoms with Crippen LogP contribution in [-0.2, 0) is 30.5 Å². The number of fused-ring (bicyclic) bond motifs is 2. The van der Waals surface area contributed by atoms with E-state index in [4.69, 9.17) is 4.84 Å². The monoisotopic (exact) mass is 523 g/mol. The molecular formula is C36H29NO3. The van der Waals surface area contributed by atoms with Crippen LogP contribution in [0.2, 0.25) is 0 Å². The lowest BCUT2D eigenvalue weighted by Crippen LogP contribution is -2.07. The quantitative estimate of drug-likeness (QED) is 0.134. The Kier molecular flexibility index (Phi) is 7.07. The van der Waals surface area contributed by atoms with Gasteiger partial charge in [-0.25, -0.2) is 0 Å². The fraction of sp³-hybridized carbons (Fsp3) is 0.139. The van der Waals surface area contributed by atoms with Crippen molar-refractivity contribution in [1.29, 1.82) is 0 Å². The van der Waals surface area contributed by atoms with Gasteiger partial charge in [-0.1, -0.05) is 102 Å². The van der Waals surface area contributed by atoms with Crippen molar-refractivity contribution in [3.05, 3.63) is 153 Å². The molecule has 4 heteroatoms. The molecular weight excluding hydrogens is 494 g/mol. The Morgan fingerprint density at radius 1 is 0.625 bits per heavy atom. The molecule has 0 aromatic heterocycles. The van der Waals surface area contributed by atoms with Crippen LogP contribution in [0.15, 0.2) is 102 Å². The van der Waals surface area contributed by atoms with Gasteiger partial charge in [0.15, 0.2) is 11.6 Å². The van der Waals surface area contributed by atoms with E-state index in [1.165, 1.54) is 18.2 Å². The molecule has 196 valence electrons. The number of ketones is 2. The van der Waals surface area contributed by atoms with Crippen molar-refractivity contribution in [3.63, 3.8) is 0 Å². The summed E-state index contributed by atoms with van der Waals surface area (Å²) in [7, 11) is 1.53. The second-order valence-electron chi connectivity index (χ2n) is 10.3. The second kappa shape index (κ2) is 11.1. The Balaban J connectivity index is 1.13. The number of hydrogen-bond acceptors (Lipinski definition) is 4. The molecule has 0 radical (unpaired) electrons. The summed E-state index contributed by atoms with van der Waals surface area (Å²) in [5.41, 5.74) is 10.6. The highest BCUT2D eigenvalue weighted by molar-refractivity contribution is 6.12. The zero-order valence-electron chi connectivity index (χ0n) is 22.4. The number of carbonyl (C=O) groups is 2. The predicted octanol–water partition coefficient (Wildman–Crippen LogP) is 7.07. The second-order valence-corrected chi connectivity index (χ2v) is 10.3. The number of Topliss-reactive ketones (excluding diaryl/α,β-unsaturated/α-hetero) is 2. The van der Waals surface area contributed by atoms with E-state index in [1.807, 2.05) is 84.9 Å². The average Bonchev–Trinajstić information content (AvgIpc) is 3.66. The van der Waals surface area contributed by atoms with Crippen molar-refractivity contribution in [3.8, 4) is 0 Å². The van der Waals surface area contributed by atoms with Crippen molar-refractivity contribution in [2.24, 2.45) is 5.16 Å². The summed E-state index contributed by atoms with van der Waals surface area (Å²) >= 11 is 0. The van der Waals surface area contributed by atoms with Gasteiger partial charge in [0, 0.05) is 35.1 Å². The average molecular weight is 524 g/mol. The Morgan fingerprint density at radius 3 is 1.48 bits per heavy atom. The van der Waals surface area contributed by atoms with Crippen LogP contribution < -0.4 is 0 Å². The van der Waals surface area contributed by atoms with Crippen LogP contribution in [0.5, 0.6) is 0 Å². The van der Waals surface area contributed by atoms with Gasteiger partial charge in [0.25, 0.3) is 0 Å². The number of hydrogen-bond donors (Lipinski definition) is 0. The van der Waals surface area contributed by atoms with E-state index in [1.54, 1.807) is 0 Å². The van der Waals surface area contributed by atoms with E-state index >= 15 is 0 Å². The first kappa shape index (κ1) is 25.4. The minimum absolute atomic E-state index is 0.100. The van der Waals surface area contributed by atoms with Crippen LogP contribution in [0.4, 0.5) is 0 Å². The van der Waals surface area contributed by atoms with E-state index in [0.717, 1.165) is 57.3 Å². The Bertz CT molecular complexity index is 1570. The molecule has 0 bridgehead atoms. The van der Waals surface area contributed by atoms with E-state index in [0.29, 0.717) is 18.6 Å². The topological polar surface area (TPSA) is 55.7 Å². The summed E-state index contributed by atoms with van der Waals surface area (Å²) in [6, 6.07) is 27.6. The number of benzene rings is 4. The molecule has 40 heavy (non-hydrogen) atoms. The highest BCUT2D eigenvalue weighted by Crippen LogP contribution is 2.23. The number of carbonyl (C=O) groups excluding carboxylic acids is 2. The molecule has 4 aromatic rings. The third kappa shape index (κ3) is 5.34. The summed E-state index contributed by atoms with van der Waals surface area (Å²) in [5.74, 6) is 0.200. The van der Waals surface area contributed by atoms with E-state index < -0.39 is 0 Å². The Morgan fingerprint density at radius 2 is 1.05 bits per heavy atom. The Hall–Kier alpha value is -4.83. The van der Waals surface area contributed by atoms with E-state index in [9.17, 15) is 9.59 Å². The van der Waals surface area contributed by atoms with Gasteiger partial charge < -0.3 is 4.84 Å². The molecule has 6 rings (SSSR count). The number of rotatable bonds is 9. The maximum Gasteiger partial charge on any atom is 0.167 e. The van der Waals surface area contributed by atoms with Gasteiger partial charge in [-0.05, 0) is 58.4 Å². The largest absolute Gasteiger partial charge is 0.399 e. The number of oxime groups is 1. The summed E-state index contributed by atoms with van der Waals surface area (Å²) in [6.07, 6.45) is 10.9. The lowest BCUT2D eigenvalue weighted by molar-refractivity contribution is 0.0984. The third-order valence-electron chi connectivity index (χ3n) is 7.57. The van der Waals surface area contributed by atoms with Gasteiger partial charge in [0.05, 0.1) is 0 Å². The molecule has 0 saturated heterocycles. The first-order chi connectivity index (χ1) is 19.6. The van der Waals surface area contributed by atoms with Gasteiger partial charge in [-0.15, -0.1) is 0 Å². The van der Waals surface area contributed by atoms with Crippen LogP contribution in [0.3, 0.4) is 0 Å². The number of nitrogens with zero attached hydrogens (tertiary/aromatic N) is 1. The lowest BCUT2D eigenvalue weighted by atomic mass is 9.95. The molecule has 0 heterocycles. The summed E-state index contributed by atoms with van der Waals surface area (Å²) in [5, 5.41) is 4.28. The molecule has 0 atom stereocenters. The predicted molar refractivity (Wildman–Crippen MR) is 160 cm³/mol. The smallest absolute Gasteiger partial charge is 0.167 e. The molecule has 0 amide bonds. The molecule has 0 unspecified atom stereocenters. The van der Waals surface area contributed by atoms with Crippen LogP contribution in [-0.4, -0.2) is 24.4 Å². The molecule has 0 spiro atoms. The van der Waals surface area contributed by atoms with Crippen molar-refractivity contribution >= 4 is 29.4 Å². The van der Waals surface area contributed by atoms with Gasteiger partial charge in [-0.2, -0.15) is 0 Å². The van der Waals surface area contributed by atoms with E-state index in [2.05, 4.69) is 29.5 Å². The molecule has 2 aliphatic carbocycles. The molecule has 4 nitrogen and oxygen atoms in total. The summed E-state index contributed by atoms with van der Waals surface area (Å²) < 4.78 is 0. The van der Waals surface area contributed by atoms with Crippen LogP contribution in [0, 0.1) is 0 Å². The highest BCUT2D eigenvalue weighted by atomic mass is 16.6. The first-order valence-corrected chi connectivity index (χ1v) is 13.5. The third-order valence-corrected chi connectivity index (χ3v) is 7.57. The SMILES string of the molecule is CON=C(c1ccc(CC(=O)c2ccc3c(c2)C=CC3)cc1)c1ccc(CC(=O)c2ccc3c(c2)C=CC3)cc1. The normalized spacial score (nSPS) is 12.6. The minimum atomic E-state index is 0.100. The maximum atomic E-state index is 12.9. The summed E-state index contributed by atoms with van der Waals surface area (Å²) in [4.78, 5) is 31.0. The van der Waals surface area contributed by atoms with Crippen LogP contribution in [0.25, 0.3) is 12.2 Å². The van der Waals surface area contributed by atoms with Crippen molar-refractivity contribution < 1.29 is 14.4 Å². The molecule has 0 N–H and O–H groups in total. The fourth-order valence-electron chi connectivity index (χ4n) is 5.34. The minimum Gasteiger partial charge on any atom is -0.399 e. The lowest BCUT2D eigenvalue weighted by Gasteiger charge is -2.10. The maximum absolute atomic E-state index is 12.9. The van der Waals surface area contributed by atoms with Crippen molar-refractivity contribution in [2.45, 2.75) is 25.7 Å². The van der Waals surface area contributed by atoms with Gasteiger partial charge in [0.2, 0.25) is 0 Å². The van der Waals surface area contributed by atoms with Gasteiger partial charge in [0.1, 0.15) is 12.8 Å². The zero-order chi connectivity index (χ0) is 27.5. The van der Waals surface area contributed by atoms with Gasteiger partial charge in [-0.3, -0.25) is 9.59 Å². The molecule has 2 aliphatic rings. The fourth-order valence-corrected chi connectivity index (χ4v) is 5.34. The molecule has 0 aliphatic heterocycles. The zero-order valence-corrected chi connectivity index (χ0v) is 22.4. The van der Waals surface area contributed by atoms with Crippen LogP contribution in [0.1, 0.15) is 65.2 Å². The molecule has 0 saturated carbocycles. The highest BCUT2D eigenvalue weighted by Gasteiger charge is 2.15. The van der Waals surface area contributed by atoms with Crippen LogP contribution >= 0.6 is 0 Å². The summed E-state index contributed by atoms with van der Waals surface area (Å²) in [6.45, 7) is 0. The van der Waals surface area contributed by atoms with Gasteiger partial charge >= 0.3 is 0 Å². The first-order valence-electron chi connectivity index (χ1n) is 13.5. The van der Waals surface area contributed by atoms with E-state index in [-0.39, 0.29) is 11.6 Å². The molecule has 0 fully saturated rings. The Labute approximate surface area is 234 Å². The number of allylic oxidation sites excluding steroid dienone is 2. The van der Waals surface area contributed by atoms with Crippen molar-refractivity contribution in [2.75, 3.05) is 7.11 Å². The standard InChI is InChI=1S/C36H29NO3/c1-40-37-36(28-12-8-24(9-13-28)20-34(38)32-18-16-26-4-2-6-30(26)22-32)29-14-10-25(11-15-29)21-35(39)33-19-17-27-5-3-7-31(27)23-33/h2-3,6-19,22-23H,4-5,20-21H2,1H3. The van der Waals surface area contributed by atoms with Crippen molar-refractivity contribution in [1.82, 2.24) is 0 Å².